The molecule has 27 heavy (non-hydrogen) atoms. The molecule has 1 atom stereocenters. The first-order valence-electron chi connectivity index (χ1n) is 8.62. The van der Waals surface area contributed by atoms with Gasteiger partial charge in [0, 0.05) is 36.2 Å². The molecule has 2 aliphatic rings. The Kier molecular flexibility index (Phi) is 4.18. The van der Waals surface area contributed by atoms with Gasteiger partial charge < -0.3 is 10.0 Å². The predicted octanol–water partition coefficient (Wildman–Crippen LogP) is 3.05. The number of nitro benzene ring substituents is 1. The maximum Gasteiger partial charge on any atom is 0.307 e. The van der Waals surface area contributed by atoms with Crippen LogP contribution in [0.3, 0.4) is 0 Å². The third kappa shape index (κ3) is 3.18. The smallest absolute Gasteiger partial charge is 0.307 e. The number of non-ortho nitro benzene ring substituents is 1. The van der Waals surface area contributed by atoms with Crippen LogP contribution < -0.4 is 0 Å². The van der Waals surface area contributed by atoms with E-state index in [1.165, 1.54) is 23.5 Å². The largest absolute Gasteiger partial charge is 0.481 e. The van der Waals surface area contributed by atoms with Gasteiger partial charge >= 0.3 is 5.97 Å². The molecule has 140 valence electrons. The van der Waals surface area contributed by atoms with E-state index in [1.54, 1.807) is 22.4 Å². The molecule has 1 unspecified atom stereocenters. The number of aliphatic carboxylic acids is 1. The fourth-order valence-electron chi connectivity index (χ4n) is 3.80. The zero-order valence-electron chi connectivity index (χ0n) is 14.3. The Morgan fingerprint density at radius 1 is 1.26 bits per heavy atom. The molecule has 0 radical (unpaired) electrons. The average molecular weight is 387 g/mol. The van der Waals surface area contributed by atoms with Crippen LogP contribution in [0.15, 0.2) is 29.6 Å². The number of nitro groups is 1. The van der Waals surface area contributed by atoms with E-state index in [4.69, 9.17) is 5.11 Å². The zero-order valence-corrected chi connectivity index (χ0v) is 15.1. The number of nitrogens with zero attached hydrogens (tertiary/aromatic N) is 3. The number of amides is 1. The van der Waals surface area contributed by atoms with E-state index in [2.05, 4.69) is 4.98 Å². The minimum absolute atomic E-state index is 0.00796. The fourth-order valence-corrected chi connectivity index (χ4v) is 4.60. The third-order valence-electron chi connectivity index (χ3n) is 5.58. The lowest BCUT2D eigenvalue weighted by Gasteiger charge is -2.32. The Balaban J connectivity index is 1.42. The quantitative estimate of drug-likeness (QED) is 0.637. The number of carboxylic acids is 1. The number of piperidine rings is 1. The van der Waals surface area contributed by atoms with Crippen LogP contribution in [0.2, 0.25) is 0 Å². The van der Waals surface area contributed by atoms with Gasteiger partial charge in [-0.3, -0.25) is 19.7 Å². The molecule has 8 nitrogen and oxygen atoms in total. The lowest BCUT2D eigenvalue weighted by Crippen LogP contribution is -2.40. The van der Waals surface area contributed by atoms with E-state index < -0.39 is 10.9 Å². The van der Waals surface area contributed by atoms with Crippen LogP contribution in [0.25, 0.3) is 10.6 Å². The zero-order chi connectivity index (χ0) is 19.2. The minimum atomic E-state index is -0.734. The number of hydrogen-bond acceptors (Lipinski definition) is 6. The second-order valence-electron chi connectivity index (χ2n) is 7.09. The Hall–Kier alpha value is -2.81. The standard InChI is InChI=1S/C18H17N3O5S/c22-16(20-7-5-18(6-8-20)9-13(18)17(23)24)14-10-27-15(19-14)11-1-3-12(4-2-11)21(25)26/h1-4,10,13H,5-9H2,(H,23,24). The number of carbonyl (C=O) groups excluding carboxylic acids is 1. The van der Waals surface area contributed by atoms with E-state index in [-0.39, 0.29) is 22.9 Å². The second kappa shape index (κ2) is 6.41. The van der Waals surface area contributed by atoms with Crippen LogP contribution in [0.4, 0.5) is 5.69 Å². The number of aromatic nitrogens is 1. The topological polar surface area (TPSA) is 114 Å². The molecule has 1 saturated carbocycles. The monoisotopic (exact) mass is 387 g/mol. The highest BCUT2D eigenvalue weighted by Gasteiger charge is 2.59. The van der Waals surface area contributed by atoms with Crippen LogP contribution in [-0.4, -0.2) is 44.9 Å². The SMILES string of the molecule is O=C(O)C1CC12CCN(C(=O)c1csc(-c3ccc([N+](=O)[O-])cc3)n1)CC2. The van der Waals surface area contributed by atoms with Crippen LogP contribution in [0.1, 0.15) is 29.8 Å². The molecule has 2 fully saturated rings. The molecule has 2 heterocycles. The summed E-state index contributed by atoms with van der Waals surface area (Å²) in [6.45, 7) is 1.10. The van der Waals surface area contributed by atoms with E-state index in [0.29, 0.717) is 30.2 Å². The highest BCUT2D eigenvalue weighted by atomic mass is 32.1. The summed E-state index contributed by atoms with van der Waals surface area (Å²) in [6.07, 6.45) is 2.15. The molecule has 9 heteroatoms. The van der Waals surface area contributed by atoms with Crippen LogP contribution in [0, 0.1) is 21.4 Å². The molecule has 1 N–H and O–H groups in total. The fraction of sp³-hybridized carbons (Fsp3) is 0.389. The number of carboxylic acid groups (broad SMARTS) is 1. The highest BCUT2D eigenvalue weighted by molar-refractivity contribution is 7.13. The molecule has 4 rings (SSSR count). The third-order valence-corrected chi connectivity index (χ3v) is 6.47. The maximum absolute atomic E-state index is 12.7. The van der Waals surface area contributed by atoms with Crippen molar-refractivity contribution in [3.05, 3.63) is 45.5 Å². The van der Waals surface area contributed by atoms with Gasteiger partial charge in [-0.1, -0.05) is 0 Å². The summed E-state index contributed by atoms with van der Waals surface area (Å²) in [5, 5.41) is 22.2. The number of thiazole rings is 1. The van der Waals surface area contributed by atoms with Crippen molar-refractivity contribution in [3.8, 4) is 10.6 Å². The van der Waals surface area contributed by atoms with Gasteiger partial charge in [0.15, 0.2) is 0 Å². The van der Waals surface area contributed by atoms with Gasteiger partial charge in [-0.25, -0.2) is 4.98 Å². The van der Waals surface area contributed by atoms with Gasteiger partial charge in [0.05, 0.1) is 10.8 Å². The summed E-state index contributed by atoms with van der Waals surface area (Å²) in [6, 6.07) is 6.07. The maximum atomic E-state index is 12.7. The Labute approximate surface area is 158 Å². The van der Waals surface area contributed by atoms with E-state index >= 15 is 0 Å². The first kappa shape index (κ1) is 17.6. The Morgan fingerprint density at radius 3 is 2.48 bits per heavy atom. The van der Waals surface area contributed by atoms with Gasteiger partial charge in [0.25, 0.3) is 11.6 Å². The molecule has 1 aliphatic carbocycles. The van der Waals surface area contributed by atoms with Crippen molar-refractivity contribution in [2.45, 2.75) is 19.3 Å². The first-order chi connectivity index (χ1) is 12.9. The summed E-state index contributed by atoms with van der Waals surface area (Å²) in [5.41, 5.74) is 0.974. The molecule has 1 spiro atoms. The molecular formula is C18H17N3O5S. The van der Waals surface area contributed by atoms with Gasteiger partial charge in [0.1, 0.15) is 10.7 Å². The van der Waals surface area contributed by atoms with Gasteiger partial charge in [0.2, 0.25) is 0 Å². The van der Waals surface area contributed by atoms with Crippen molar-refractivity contribution in [1.82, 2.24) is 9.88 Å². The summed E-state index contributed by atoms with van der Waals surface area (Å²) in [5.74, 6) is -1.15. The lowest BCUT2D eigenvalue weighted by molar-refractivity contribution is -0.384. The van der Waals surface area contributed by atoms with Gasteiger partial charge in [-0.2, -0.15) is 0 Å². The summed E-state index contributed by atoms with van der Waals surface area (Å²) >= 11 is 1.32. The van der Waals surface area contributed by atoms with Crippen molar-refractivity contribution in [3.63, 3.8) is 0 Å². The van der Waals surface area contributed by atoms with Crippen LogP contribution in [-0.2, 0) is 4.79 Å². The predicted molar refractivity (Wildman–Crippen MR) is 97.5 cm³/mol. The molecule has 2 aromatic rings. The lowest BCUT2D eigenvalue weighted by atomic mass is 9.90. The molecule has 1 amide bonds. The van der Waals surface area contributed by atoms with Gasteiger partial charge in [-0.05, 0) is 36.8 Å². The van der Waals surface area contributed by atoms with Crippen molar-refractivity contribution in [1.29, 1.82) is 0 Å². The number of hydrogen-bond donors (Lipinski definition) is 1. The molecule has 1 aromatic heterocycles. The molecule has 1 aliphatic heterocycles. The Bertz CT molecular complexity index is 915. The van der Waals surface area contributed by atoms with E-state index in [1.807, 2.05) is 0 Å². The van der Waals surface area contributed by atoms with Crippen molar-refractivity contribution < 1.29 is 19.6 Å². The number of likely N-dealkylation sites (tertiary alicyclic amines) is 1. The van der Waals surface area contributed by atoms with E-state index in [9.17, 15) is 19.7 Å². The number of benzene rings is 1. The van der Waals surface area contributed by atoms with E-state index in [0.717, 1.165) is 18.4 Å². The summed E-state index contributed by atoms with van der Waals surface area (Å²) < 4.78 is 0. The molecule has 0 bridgehead atoms. The van der Waals surface area contributed by atoms with Gasteiger partial charge in [-0.15, -0.1) is 11.3 Å². The Morgan fingerprint density at radius 2 is 1.93 bits per heavy atom. The highest BCUT2D eigenvalue weighted by Crippen LogP contribution is 2.59. The van der Waals surface area contributed by atoms with Crippen LogP contribution >= 0.6 is 11.3 Å². The average Bonchev–Trinajstić information content (AvgIpc) is 3.14. The summed E-state index contributed by atoms with van der Waals surface area (Å²) in [7, 11) is 0. The van der Waals surface area contributed by atoms with Crippen molar-refractivity contribution in [2.24, 2.45) is 11.3 Å². The number of rotatable bonds is 4. The second-order valence-corrected chi connectivity index (χ2v) is 7.95. The first-order valence-corrected chi connectivity index (χ1v) is 9.50. The summed E-state index contributed by atoms with van der Waals surface area (Å²) in [4.78, 5) is 40.2. The van der Waals surface area contributed by atoms with Crippen LogP contribution in [0.5, 0.6) is 0 Å². The number of carbonyl (C=O) groups is 2. The normalized spacial score (nSPS) is 20.4. The molecular weight excluding hydrogens is 370 g/mol. The minimum Gasteiger partial charge on any atom is -0.481 e. The van der Waals surface area contributed by atoms with Crippen molar-refractivity contribution in [2.75, 3.05) is 13.1 Å². The molecule has 1 saturated heterocycles. The van der Waals surface area contributed by atoms with Crippen molar-refractivity contribution >= 4 is 28.9 Å². The molecule has 1 aromatic carbocycles.